The van der Waals surface area contributed by atoms with Crippen LogP contribution in [0.4, 0.5) is 13.2 Å². The lowest BCUT2D eigenvalue weighted by atomic mass is 10.0. The molecular weight excluding hydrogens is 473 g/mol. The molecule has 0 saturated carbocycles. The predicted molar refractivity (Wildman–Crippen MR) is 122 cm³/mol. The third-order valence-corrected chi connectivity index (χ3v) is 7.29. The molecule has 174 valence electrons. The Bertz CT molecular complexity index is 1220. The summed E-state index contributed by atoms with van der Waals surface area (Å²) in [7, 11) is -4.14. The lowest BCUT2D eigenvalue weighted by Crippen LogP contribution is -2.37. The lowest BCUT2D eigenvalue weighted by molar-refractivity contribution is -0.137. The van der Waals surface area contributed by atoms with Gasteiger partial charge in [0.1, 0.15) is 0 Å². The Hall–Kier alpha value is -2.39. The maximum absolute atomic E-state index is 13.0. The SMILES string of the molecule is O=S(=O)(N[C@@H]1CCN(Cc2ccc(-c3ccccc3)cc2)C1)c1cc(Cl)cc(C(F)(F)F)c1. The van der Waals surface area contributed by atoms with Gasteiger partial charge in [-0.2, -0.15) is 13.2 Å². The number of benzene rings is 3. The molecule has 0 spiro atoms. The van der Waals surface area contributed by atoms with Crippen LogP contribution in [0.5, 0.6) is 0 Å². The van der Waals surface area contributed by atoms with Gasteiger partial charge in [0, 0.05) is 30.7 Å². The summed E-state index contributed by atoms with van der Waals surface area (Å²) in [5.74, 6) is 0. The molecule has 0 radical (unpaired) electrons. The number of likely N-dealkylation sites (tertiary alicyclic amines) is 1. The van der Waals surface area contributed by atoms with Crippen molar-refractivity contribution in [3.8, 4) is 11.1 Å². The molecule has 0 amide bonds. The van der Waals surface area contributed by atoms with E-state index < -0.39 is 32.7 Å². The van der Waals surface area contributed by atoms with Crippen molar-refractivity contribution in [2.75, 3.05) is 13.1 Å². The predicted octanol–water partition coefficient (Wildman–Crippen LogP) is 5.58. The van der Waals surface area contributed by atoms with Gasteiger partial charge in [-0.3, -0.25) is 4.90 Å². The number of alkyl halides is 3. The minimum atomic E-state index is -4.69. The fourth-order valence-corrected chi connectivity index (χ4v) is 5.56. The fraction of sp³-hybridized carbons (Fsp3) is 0.250. The molecule has 9 heteroatoms. The van der Waals surface area contributed by atoms with Crippen LogP contribution in [-0.2, 0) is 22.7 Å². The van der Waals surface area contributed by atoms with E-state index in [1.807, 2.05) is 42.5 Å². The van der Waals surface area contributed by atoms with Crippen LogP contribution in [0, 0.1) is 0 Å². The highest BCUT2D eigenvalue weighted by Crippen LogP contribution is 2.33. The monoisotopic (exact) mass is 494 g/mol. The van der Waals surface area contributed by atoms with Gasteiger partial charge in [-0.05, 0) is 41.3 Å². The molecule has 1 N–H and O–H groups in total. The summed E-state index contributed by atoms with van der Waals surface area (Å²) < 4.78 is 67.1. The summed E-state index contributed by atoms with van der Waals surface area (Å²) >= 11 is 5.74. The Balaban J connectivity index is 1.39. The molecule has 1 heterocycles. The second-order valence-electron chi connectivity index (χ2n) is 8.08. The Morgan fingerprint density at radius 1 is 0.970 bits per heavy atom. The van der Waals surface area contributed by atoms with Crippen LogP contribution >= 0.6 is 11.6 Å². The average Bonchev–Trinajstić information content (AvgIpc) is 3.20. The molecule has 3 aromatic carbocycles. The summed E-state index contributed by atoms with van der Waals surface area (Å²) in [6, 6.07) is 20.2. The molecule has 1 fully saturated rings. The Morgan fingerprint density at radius 3 is 2.30 bits per heavy atom. The van der Waals surface area contributed by atoms with E-state index in [2.05, 4.69) is 21.8 Å². The molecule has 0 aliphatic carbocycles. The van der Waals surface area contributed by atoms with E-state index >= 15 is 0 Å². The van der Waals surface area contributed by atoms with Crippen LogP contribution < -0.4 is 4.72 Å². The quantitative estimate of drug-likeness (QED) is 0.487. The van der Waals surface area contributed by atoms with Crippen molar-refractivity contribution < 1.29 is 21.6 Å². The molecule has 33 heavy (non-hydrogen) atoms. The van der Waals surface area contributed by atoms with Crippen LogP contribution in [0.3, 0.4) is 0 Å². The summed E-state index contributed by atoms with van der Waals surface area (Å²) in [5.41, 5.74) is 2.26. The number of rotatable bonds is 6. The number of hydrogen-bond acceptors (Lipinski definition) is 3. The standard InChI is InChI=1S/C24H22ClF3N2O2S/c25-21-12-20(24(26,27)28)13-23(14-21)33(31,32)29-22-10-11-30(16-22)15-17-6-8-19(9-7-17)18-4-2-1-3-5-18/h1-9,12-14,22,29H,10-11,15-16H2/t22-/m1/s1. The minimum Gasteiger partial charge on any atom is -0.297 e. The van der Waals surface area contributed by atoms with Crippen LogP contribution in [0.1, 0.15) is 17.5 Å². The van der Waals surface area contributed by atoms with E-state index in [9.17, 15) is 21.6 Å². The summed E-state index contributed by atoms with van der Waals surface area (Å²) in [4.78, 5) is 1.63. The van der Waals surface area contributed by atoms with Crippen LogP contribution in [0.25, 0.3) is 11.1 Å². The average molecular weight is 495 g/mol. The molecule has 4 nitrogen and oxygen atoms in total. The molecular formula is C24H22ClF3N2O2S. The van der Waals surface area contributed by atoms with Gasteiger partial charge in [0.2, 0.25) is 10.0 Å². The fourth-order valence-electron chi connectivity index (χ4n) is 3.93. The second kappa shape index (κ2) is 9.46. The van der Waals surface area contributed by atoms with E-state index in [1.54, 1.807) is 0 Å². The van der Waals surface area contributed by atoms with Crippen LogP contribution in [0.15, 0.2) is 77.7 Å². The minimum absolute atomic E-state index is 0.280. The molecule has 1 aliphatic heterocycles. The lowest BCUT2D eigenvalue weighted by Gasteiger charge is -2.18. The highest BCUT2D eigenvalue weighted by atomic mass is 35.5. The summed E-state index contributed by atoms with van der Waals surface area (Å²) in [6.45, 7) is 1.80. The normalized spacial score (nSPS) is 17.4. The van der Waals surface area contributed by atoms with Gasteiger partial charge < -0.3 is 0 Å². The van der Waals surface area contributed by atoms with Crippen molar-refractivity contribution in [1.29, 1.82) is 0 Å². The Kier molecular flexibility index (Phi) is 6.81. The largest absolute Gasteiger partial charge is 0.416 e. The first-order chi connectivity index (χ1) is 15.6. The summed E-state index contributed by atoms with van der Waals surface area (Å²) in [5, 5.41) is -0.280. The van der Waals surface area contributed by atoms with Gasteiger partial charge in [-0.1, -0.05) is 66.2 Å². The molecule has 0 bridgehead atoms. The first-order valence-corrected chi connectivity index (χ1v) is 12.2. The van der Waals surface area contributed by atoms with E-state index in [0.717, 1.165) is 22.8 Å². The van der Waals surface area contributed by atoms with Gasteiger partial charge >= 0.3 is 6.18 Å². The number of nitrogens with one attached hydrogen (secondary N) is 1. The Labute approximate surface area is 196 Å². The zero-order valence-corrected chi connectivity index (χ0v) is 19.1. The van der Waals surface area contributed by atoms with Gasteiger partial charge in [-0.25, -0.2) is 13.1 Å². The first-order valence-electron chi connectivity index (χ1n) is 10.4. The second-order valence-corrected chi connectivity index (χ2v) is 10.2. The van der Waals surface area contributed by atoms with E-state index in [1.165, 1.54) is 0 Å². The topological polar surface area (TPSA) is 49.4 Å². The first kappa shape index (κ1) is 23.8. The number of nitrogens with zero attached hydrogens (tertiary/aromatic N) is 1. The molecule has 1 saturated heterocycles. The maximum atomic E-state index is 13.0. The van der Waals surface area contributed by atoms with E-state index in [-0.39, 0.29) is 5.02 Å². The van der Waals surface area contributed by atoms with Crippen molar-refractivity contribution in [3.63, 3.8) is 0 Å². The smallest absolute Gasteiger partial charge is 0.297 e. The van der Waals surface area contributed by atoms with Gasteiger partial charge in [0.15, 0.2) is 0 Å². The molecule has 0 aromatic heterocycles. The third-order valence-electron chi connectivity index (χ3n) is 5.57. The Morgan fingerprint density at radius 2 is 1.64 bits per heavy atom. The highest BCUT2D eigenvalue weighted by molar-refractivity contribution is 7.89. The molecule has 1 aliphatic rings. The highest BCUT2D eigenvalue weighted by Gasteiger charge is 2.33. The van der Waals surface area contributed by atoms with Gasteiger partial charge in [0.05, 0.1) is 10.5 Å². The van der Waals surface area contributed by atoms with Crippen molar-refractivity contribution in [2.45, 2.75) is 30.1 Å². The van der Waals surface area contributed by atoms with Crippen molar-refractivity contribution >= 4 is 21.6 Å². The molecule has 0 unspecified atom stereocenters. The summed E-state index contributed by atoms with van der Waals surface area (Å²) in [6.07, 6.45) is -4.12. The number of hydrogen-bond donors (Lipinski definition) is 1. The number of halogens is 4. The van der Waals surface area contributed by atoms with Crippen LogP contribution in [-0.4, -0.2) is 32.4 Å². The zero-order chi connectivity index (χ0) is 23.6. The molecule has 3 aromatic rings. The maximum Gasteiger partial charge on any atom is 0.416 e. The van der Waals surface area contributed by atoms with E-state index in [0.29, 0.717) is 38.2 Å². The van der Waals surface area contributed by atoms with Gasteiger partial charge in [0.25, 0.3) is 0 Å². The van der Waals surface area contributed by atoms with Crippen molar-refractivity contribution in [1.82, 2.24) is 9.62 Å². The third kappa shape index (κ3) is 5.95. The number of sulfonamides is 1. The van der Waals surface area contributed by atoms with Crippen LogP contribution in [0.2, 0.25) is 5.02 Å². The van der Waals surface area contributed by atoms with Crippen molar-refractivity contribution in [2.24, 2.45) is 0 Å². The molecule has 4 rings (SSSR count). The van der Waals surface area contributed by atoms with Crippen molar-refractivity contribution in [3.05, 3.63) is 88.9 Å². The van der Waals surface area contributed by atoms with E-state index in [4.69, 9.17) is 11.6 Å². The van der Waals surface area contributed by atoms with Gasteiger partial charge in [-0.15, -0.1) is 0 Å². The zero-order valence-electron chi connectivity index (χ0n) is 17.5. The molecule has 1 atom stereocenters.